The van der Waals surface area contributed by atoms with Crippen LogP contribution in [-0.4, -0.2) is 20.1 Å². The van der Waals surface area contributed by atoms with Crippen LogP contribution in [0.5, 0.6) is 11.5 Å². The highest BCUT2D eigenvalue weighted by Crippen LogP contribution is 2.50. The van der Waals surface area contributed by atoms with Gasteiger partial charge < -0.3 is 24.3 Å². The molecule has 6 aliphatic rings. The van der Waals surface area contributed by atoms with E-state index in [1.54, 1.807) is 0 Å². The van der Waals surface area contributed by atoms with Crippen molar-refractivity contribution in [3.8, 4) is 11.5 Å². The molecule has 0 bridgehead atoms. The largest absolute Gasteiger partial charge is 0.458 e. The lowest BCUT2D eigenvalue weighted by atomic mass is 9.33. The number of para-hydroxylation sites is 6. The summed E-state index contributed by atoms with van der Waals surface area (Å²) in [6.45, 7) is -0.149. The van der Waals surface area contributed by atoms with E-state index in [0.29, 0.717) is 0 Å². The summed E-state index contributed by atoms with van der Waals surface area (Å²) in [5.41, 5.74) is 25.5. The molecule has 87 heavy (non-hydrogen) atoms. The van der Waals surface area contributed by atoms with Gasteiger partial charge in [-0.1, -0.05) is 181 Å². The van der Waals surface area contributed by atoms with Gasteiger partial charge in [-0.15, -0.1) is 0 Å². The van der Waals surface area contributed by atoms with Crippen LogP contribution in [0.3, 0.4) is 0 Å². The summed E-state index contributed by atoms with van der Waals surface area (Å²) in [6.07, 6.45) is 0. The van der Waals surface area contributed by atoms with Crippen molar-refractivity contribution in [1.29, 1.82) is 0 Å². The van der Waals surface area contributed by atoms with Gasteiger partial charge in [-0.25, -0.2) is 0 Å². The van der Waals surface area contributed by atoms with Crippen LogP contribution >= 0.6 is 11.8 Å². The lowest BCUT2D eigenvalue weighted by molar-refractivity contribution is 0.487. The van der Waals surface area contributed by atoms with E-state index < -0.39 is 0 Å². The first-order chi connectivity index (χ1) is 43.2. The second-order valence-electron chi connectivity index (χ2n) is 23.8. The number of ether oxygens (including phenoxy) is 1. The van der Waals surface area contributed by atoms with Crippen molar-refractivity contribution in [1.82, 2.24) is 0 Å². The Morgan fingerprint density at radius 3 is 1.06 bits per heavy atom. The van der Waals surface area contributed by atoms with Crippen molar-refractivity contribution in [3.63, 3.8) is 0 Å². The molecule has 6 heterocycles. The molecule has 14 aromatic carbocycles. The molecule has 0 amide bonds. The van der Waals surface area contributed by atoms with Crippen LogP contribution in [0.4, 0.5) is 68.2 Å². The van der Waals surface area contributed by atoms with E-state index in [9.17, 15) is 0 Å². The zero-order valence-electron chi connectivity index (χ0n) is 47.0. The summed E-state index contributed by atoms with van der Waals surface area (Å²) in [5, 5.41) is 7.21. The first-order valence-electron chi connectivity index (χ1n) is 30.2. The van der Waals surface area contributed by atoms with Crippen molar-refractivity contribution in [2.75, 3.05) is 19.6 Å². The van der Waals surface area contributed by atoms with Gasteiger partial charge in [0.25, 0.3) is 20.1 Å². The predicted molar refractivity (Wildman–Crippen MR) is 369 cm³/mol. The van der Waals surface area contributed by atoms with E-state index in [1.807, 2.05) is 11.8 Å². The first kappa shape index (κ1) is 47.7. The zero-order valence-corrected chi connectivity index (χ0v) is 47.8. The minimum atomic E-state index is -0.0717. The fraction of sp³-hybridized carbons (Fsp3) is 0. The summed E-state index contributed by atoms with van der Waals surface area (Å²) < 4.78 is 7.30. The molecule has 5 nitrogen and oxygen atoms in total. The standard InChI is InChI=1S/C78H47B3N4OS/c1-5-22-48(23-6-1)82-64-33-16-13-30-58(64)79-61-42-52-54-44-63-73(86-72-39-21-41-75-78(72)81(63)60-32-15-18-40-74(60)87-75)47-57(54)53-43-62-71(46-56(53)55(52)45-70(61)84(50-26-9-3-10-27-50)68-37-19-35-66(82)76(68)79)85(51-28-11-4-12-29-51)69-38-20-36-67-77(69)80(62)59-31-14-17-34-65(59)83(67)49-24-7-2-8-25-49/h1-47H. The zero-order chi connectivity index (χ0) is 56.6. The van der Waals surface area contributed by atoms with E-state index in [-0.39, 0.29) is 20.1 Å². The third-order valence-corrected chi connectivity index (χ3v) is 20.6. The summed E-state index contributed by atoms with van der Waals surface area (Å²) in [5.74, 6) is 1.84. The topological polar surface area (TPSA) is 22.2 Å². The molecule has 14 aromatic rings. The van der Waals surface area contributed by atoms with E-state index in [4.69, 9.17) is 4.74 Å². The lowest BCUT2D eigenvalue weighted by Gasteiger charge is -2.44. The van der Waals surface area contributed by atoms with E-state index in [0.717, 1.165) is 34.2 Å². The van der Waals surface area contributed by atoms with E-state index in [1.165, 1.54) is 137 Å². The number of rotatable bonds is 4. The van der Waals surface area contributed by atoms with Crippen LogP contribution in [0.15, 0.2) is 295 Å². The van der Waals surface area contributed by atoms with Gasteiger partial charge in [0, 0.05) is 78.0 Å². The Labute approximate surface area is 509 Å². The normalized spacial score (nSPS) is 14.1. The summed E-state index contributed by atoms with van der Waals surface area (Å²) in [7, 11) is 0. The fourth-order valence-corrected chi connectivity index (χ4v) is 17.2. The monoisotopic (exact) mass is 1120 g/mol. The molecule has 0 atom stereocenters. The highest BCUT2D eigenvalue weighted by atomic mass is 32.2. The highest BCUT2D eigenvalue weighted by Gasteiger charge is 2.47. The molecular formula is C78H47B3N4OS. The summed E-state index contributed by atoms with van der Waals surface area (Å²) in [4.78, 5) is 12.6. The molecular weight excluding hydrogens is 1070 g/mol. The molecule has 20 rings (SSSR count). The molecule has 0 spiro atoms. The van der Waals surface area contributed by atoms with Crippen LogP contribution in [0, 0.1) is 0 Å². The third kappa shape index (κ3) is 6.58. The second kappa shape index (κ2) is 18.0. The van der Waals surface area contributed by atoms with Crippen LogP contribution < -0.4 is 73.5 Å². The second-order valence-corrected chi connectivity index (χ2v) is 24.9. The molecule has 6 aliphatic heterocycles. The van der Waals surface area contributed by atoms with Crippen LogP contribution in [0.2, 0.25) is 0 Å². The number of fused-ring (bicyclic) bond motifs is 18. The van der Waals surface area contributed by atoms with E-state index >= 15 is 0 Å². The molecule has 400 valence electrons. The number of hydrogen-bond donors (Lipinski definition) is 0. The van der Waals surface area contributed by atoms with Gasteiger partial charge in [0.15, 0.2) is 0 Å². The van der Waals surface area contributed by atoms with Gasteiger partial charge in [0.05, 0.1) is 0 Å². The van der Waals surface area contributed by atoms with Crippen molar-refractivity contribution in [3.05, 3.63) is 285 Å². The Morgan fingerprint density at radius 2 is 0.575 bits per heavy atom. The first-order valence-corrected chi connectivity index (χ1v) is 31.0. The van der Waals surface area contributed by atoms with Gasteiger partial charge in [-0.2, -0.15) is 0 Å². The highest BCUT2D eigenvalue weighted by molar-refractivity contribution is 8.00. The molecule has 0 aromatic heterocycles. The van der Waals surface area contributed by atoms with Crippen LogP contribution in [-0.2, 0) is 0 Å². The number of benzene rings is 14. The Hall–Kier alpha value is -10.6. The maximum Gasteiger partial charge on any atom is 0.253 e. The Morgan fingerprint density at radius 1 is 0.230 bits per heavy atom. The molecule has 0 fully saturated rings. The Bertz CT molecular complexity index is 5300. The average Bonchev–Trinajstić information content (AvgIpc) is 0.809. The molecule has 0 N–H and O–H groups in total. The maximum absolute atomic E-state index is 7.30. The minimum Gasteiger partial charge on any atom is -0.458 e. The molecule has 0 aliphatic carbocycles. The van der Waals surface area contributed by atoms with Crippen molar-refractivity contribution >= 4 is 182 Å². The fourth-order valence-electron chi connectivity index (χ4n) is 16.0. The van der Waals surface area contributed by atoms with Crippen molar-refractivity contribution in [2.24, 2.45) is 0 Å². The molecule has 9 heteroatoms. The Kier molecular flexibility index (Phi) is 9.86. The van der Waals surface area contributed by atoms with Crippen LogP contribution in [0.25, 0.3) is 32.3 Å². The van der Waals surface area contributed by atoms with Crippen LogP contribution in [0.1, 0.15) is 0 Å². The average molecular weight is 1120 g/mol. The number of anilines is 12. The SMILES string of the molecule is c1ccc(N2c3ccccc3B3c4cc5c6cc7c(cc6c6cc8c(cc6c5cc4N(c4ccccc4)c4cccc2c43)N(c2ccccc2)c2cccc3c2B8c2ccccc2N3c2ccccc2)B2c3ccccc3Sc3cccc(c32)O7)cc1. The smallest absolute Gasteiger partial charge is 0.253 e. The van der Waals surface area contributed by atoms with Gasteiger partial charge in [0.1, 0.15) is 11.5 Å². The molecule has 0 saturated carbocycles. The minimum absolute atomic E-state index is 0.00782. The molecule has 0 radical (unpaired) electrons. The van der Waals surface area contributed by atoms with Gasteiger partial charge in [-0.3, -0.25) is 0 Å². The maximum atomic E-state index is 7.30. The number of hydrogen-bond acceptors (Lipinski definition) is 6. The third-order valence-electron chi connectivity index (χ3n) is 19.4. The van der Waals surface area contributed by atoms with Crippen molar-refractivity contribution in [2.45, 2.75) is 9.79 Å². The molecule has 0 unspecified atom stereocenters. The van der Waals surface area contributed by atoms with Gasteiger partial charge in [0.2, 0.25) is 0 Å². The predicted octanol–water partition coefficient (Wildman–Crippen LogP) is 14.4. The lowest BCUT2D eigenvalue weighted by Crippen LogP contribution is -2.61. The summed E-state index contributed by atoms with van der Waals surface area (Å²) >= 11 is 1.86. The van der Waals surface area contributed by atoms with Gasteiger partial charge in [-0.05, 0) is 197 Å². The summed E-state index contributed by atoms with van der Waals surface area (Å²) in [6, 6.07) is 107. The number of nitrogens with zero attached hydrogens (tertiary/aromatic N) is 4. The van der Waals surface area contributed by atoms with E-state index in [2.05, 4.69) is 305 Å². The van der Waals surface area contributed by atoms with Crippen molar-refractivity contribution < 1.29 is 4.74 Å². The Balaban J connectivity index is 0.931. The quantitative estimate of drug-likeness (QED) is 0.128. The molecule has 0 saturated heterocycles. The van der Waals surface area contributed by atoms with Gasteiger partial charge >= 0.3 is 0 Å².